The second-order valence-electron chi connectivity index (χ2n) is 2.30. The van der Waals surface area contributed by atoms with Gasteiger partial charge < -0.3 is 5.11 Å². The molecule has 50 valence electrons. The summed E-state index contributed by atoms with van der Waals surface area (Å²) in [4.78, 5) is 20.2. The molecule has 0 aliphatic heterocycles. The van der Waals surface area contributed by atoms with Gasteiger partial charge in [0.05, 0.1) is 0 Å². The highest BCUT2D eigenvalue weighted by atomic mass is 16.4. The fourth-order valence-electron chi connectivity index (χ4n) is 0.745. The van der Waals surface area contributed by atoms with Crippen LogP contribution in [0.4, 0.5) is 0 Å². The summed E-state index contributed by atoms with van der Waals surface area (Å²) >= 11 is 0. The quantitative estimate of drug-likeness (QED) is 0.600. The van der Waals surface area contributed by atoms with E-state index in [2.05, 4.69) is 0 Å². The molecule has 0 radical (unpaired) electrons. The van der Waals surface area contributed by atoms with Crippen LogP contribution in [-0.2, 0) is 9.59 Å². The van der Waals surface area contributed by atoms with E-state index in [1.165, 1.54) is 0 Å². The van der Waals surface area contributed by atoms with Crippen molar-refractivity contribution >= 4 is 11.8 Å². The van der Waals surface area contributed by atoms with Gasteiger partial charge in [0.1, 0.15) is 5.78 Å². The largest absolute Gasteiger partial charge is 0.481 e. The minimum absolute atomic E-state index is 0.0844. The van der Waals surface area contributed by atoms with Gasteiger partial charge in [-0.25, -0.2) is 0 Å². The topological polar surface area (TPSA) is 54.4 Å². The third-order valence-corrected chi connectivity index (χ3v) is 1.45. The van der Waals surface area contributed by atoms with Gasteiger partial charge in [0.15, 0.2) is 0 Å². The second kappa shape index (κ2) is 2.17. The number of Topliss-reactive ketones (excluding diaryl/α,β-unsaturated/α-hetero) is 1. The van der Waals surface area contributed by atoms with E-state index in [-0.39, 0.29) is 18.1 Å². The van der Waals surface area contributed by atoms with Crippen molar-refractivity contribution in [3.05, 3.63) is 0 Å². The van der Waals surface area contributed by atoms with E-state index in [1.807, 2.05) is 0 Å². The Morgan fingerprint density at radius 2 is 2.33 bits per heavy atom. The summed E-state index contributed by atoms with van der Waals surface area (Å²) in [5.41, 5.74) is 0. The molecule has 1 aliphatic rings. The van der Waals surface area contributed by atoms with Crippen LogP contribution >= 0.6 is 0 Å². The Hall–Kier alpha value is -0.860. The molecular formula is C6H8O3. The zero-order valence-electron chi connectivity index (χ0n) is 4.96. The third-order valence-electron chi connectivity index (χ3n) is 1.45. The molecule has 0 aromatic carbocycles. The molecule has 1 fully saturated rings. The molecule has 0 saturated heterocycles. The monoisotopic (exact) mass is 128 g/mol. The number of carboxylic acids is 1. The molecule has 0 spiro atoms. The van der Waals surface area contributed by atoms with Gasteiger partial charge in [0.2, 0.25) is 0 Å². The number of rotatable bonds is 3. The van der Waals surface area contributed by atoms with Gasteiger partial charge in [0, 0.05) is 18.8 Å². The highest BCUT2D eigenvalue weighted by molar-refractivity contribution is 5.96. The number of hydrogen-bond acceptors (Lipinski definition) is 2. The molecular weight excluding hydrogens is 120 g/mol. The van der Waals surface area contributed by atoms with E-state index >= 15 is 0 Å². The third kappa shape index (κ3) is 1.83. The highest BCUT2D eigenvalue weighted by Gasteiger charge is 2.34. The van der Waals surface area contributed by atoms with Crippen LogP contribution in [0.2, 0.25) is 0 Å². The van der Waals surface area contributed by atoms with Crippen LogP contribution in [0.1, 0.15) is 19.3 Å². The lowest BCUT2D eigenvalue weighted by molar-refractivity contribution is -0.137. The van der Waals surface area contributed by atoms with Crippen LogP contribution in [0.3, 0.4) is 0 Å². The number of hydrogen-bond donors (Lipinski definition) is 1. The van der Waals surface area contributed by atoms with Crippen LogP contribution in [0, 0.1) is 5.92 Å². The van der Waals surface area contributed by atoms with Crippen LogP contribution in [0.5, 0.6) is 0 Å². The van der Waals surface area contributed by atoms with Gasteiger partial charge >= 0.3 is 5.97 Å². The fourth-order valence-corrected chi connectivity index (χ4v) is 0.745. The average molecular weight is 128 g/mol. The SMILES string of the molecule is O=C(O)CCC1CC1=O. The number of ketones is 1. The lowest BCUT2D eigenvalue weighted by Crippen LogP contribution is -1.94. The van der Waals surface area contributed by atoms with Crippen molar-refractivity contribution in [2.24, 2.45) is 5.92 Å². The number of carbonyl (C=O) groups is 2. The zero-order valence-corrected chi connectivity index (χ0v) is 4.96. The van der Waals surface area contributed by atoms with Crippen molar-refractivity contribution in [2.45, 2.75) is 19.3 Å². The van der Waals surface area contributed by atoms with Crippen LogP contribution in [0.15, 0.2) is 0 Å². The lowest BCUT2D eigenvalue weighted by Gasteiger charge is -1.86. The smallest absolute Gasteiger partial charge is 0.303 e. The minimum atomic E-state index is -0.810. The Morgan fingerprint density at radius 3 is 2.67 bits per heavy atom. The summed E-state index contributed by atoms with van der Waals surface area (Å²) < 4.78 is 0. The molecule has 1 N–H and O–H groups in total. The highest BCUT2D eigenvalue weighted by Crippen LogP contribution is 2.28. The number of carboxylic acid groups (broad SMARTS) is 1. The van der Waals surface area contributed by atoms with Crippen molar-refractivity contribution in [1.29, 1.82) is 0 Å². The predicted octanol–water partition coefficient (Wildman–Crippen LogP) is 0.440. The molecule has 1 unspecified atom stereocenters. The van der Waals surface area contributed by atoms with E-state index < -0.39 is 5.97 Å². The standard InChI is InChI=1S/C6H8O3/c7-5-3-4(5)1-2-6(8)9/h4H,1-3H2,(H,8,9). The average Bonchev–Trinajstić information content (AvgIpc) is 2.42. The molecule has 9 heavy (non-hydrogen) atoms. The first-order valence-electron chi connectivity index (χ1n) is 2.94. The van der Waals surface area contributed by atoms with Crippen LogP contribution in [0.25, 0.3) is 0 Å². The van der Waals surface area contributed by atoms with Crippen LogP contribution < -0.4 is 0 Å². The molecule has 0 heterocycles. The summed E-state index contributed by atoms with van der Waals surface area (Å²) in [6, 6.07) is 0. The zero-order chi connectivity index (χ0) is 6.85. The van der Waals surface area contributed by atoms with Gasteiger partial charge in [-0.15, -0.1) is 0 Å². The van der Waals surface area contributed by atoms with Gasteiger partial charge in [-0.05, 0) is 6.42 Å². The maximum atomic E-state index is 10.3. The Morgan fingerprint density at radius 1 is 1.78 bits per heavy atom. The van der Waals surface area contributed by atoms with Crippen molar-refractivity contribution in [3.8, 4) is 0 Å². The molecule has 1 rings (SSSR count). The lowest BCUT2D eigenvalue weighted by atomic mass is 10.2. The molecule has 3 nitrogen and oxygen atoms in total. The fraction of sp³-hybridized carbons (Fsp3) is 0.667. The van der Waals surface area contributed by atoms with Gasteiger partial charge in [-0.1, -0.05) is 0 Å². The molecule has 0 amide bonds. The first kappa shape index (κ1) is 6.26. The Balaban J connectivity index is 2.07. The summed E-state index contributed by atoms with van der Waals surface area (Å²) in [5.74, 6) is -0.507. The molecule has 1 atom stereocenters. The van der Waals surface area contributed by atoms with E-state index in [0.717, 1.165) is 0 Å². The van der Waals surface area contributed by atoms with Gasteiger partial charge in [0.25, 0.3) is 0 Å². The van der Waals surface area contributed by atoms with Gasteiger partial charge in [-0.2, -0.15) is 0 Å². The van der Waals surface area contributed by atoms with Crippen molar-refractivity contribution < 1.29 is 14.7 Å². The minimum Gasteiger partial charge on any atom is -0.481 e. The van der Waals surface area contributed by atoms with Crippen molar-refractivity contribution in [2.75, 3.05) is 0 Å². The first-order valence-corrected chi connectivity index (χ1v) is 2.94. The molecule has 3 heteroatoms. The van der Waals surface area contributed by atoms with E-state index in [4.69, 9.17) is 5.11 Å². The predicted molar refractivity (Wildman–Crippen MR) is 30.0 cm³/mol. The summed E-state index contributed by atoms with van der Waals surface area (Å²) in [5, 5.41) is 8.17. The summed E-state index contributed by atoms with van der Waals surface area (Å²) in [6.45, 7) is 0. The maximum absolute atomic E-state index is 10.3. The Bertz CT molecular complexity index is 150. The number of carbonyl (C=O) groups excluding carboxylic acids is 1. The maximum Gasteiger partial charge on any atom is 0.303 e. The molecule has 0 bridgehead atoms. The summed E-state index contributed by atoms with van der Waals surface area (Å²) in [6.07, 6.45) is 1.28. The normalized spacial score (nSPS) is 24.0. The first-order chi connectivity index (χ1) is 4.20. The summed E-state index contributed by atoms with van der Waals surface area (Å²) in [7, 11) is 0. The second-order valence-corrected chi connectivity index (χ2v) is 2.30. The Labute approximate surface area is 52.7 Å². The van der Waals surface area contributed by atoms with Gasteiger partial charge in [-0.3, -0.25) is 9.59 Å². The molecule has 0 aromatic heterocycles. The van der Waals surface area contributed by atoms with E-state index in [9.17, 15) is 9.59 Å². The van der Waals surface area contributed by atoms with E-state index in [0.29, 0.717) is 12.8 Å². The van der Waals surface area contributed by atoms with Crippen LogP contribution in [-0.4, -0.2) is 16.9 Å². The number of aliphatic carboxylic acids is 1. The molecule has 0 aromatic rings. The van der Waals surface area contributed by atoms with Crippen molar-refractivity contribution in [3.63, 3.8) is 0 Å². The van der Waals surface area contributed by atoms with E-state index in [1.54, 1.807) is 0 Å². The Kier molecular flexibility index (Phi) is 1.51. The molecule has 1 saturated carbocycles. The molecule has 1 aliphatic carbocycles. The van der Waals surface area contributed by atoms with Crippen molar-refractivity contribution in [1.82, 2.24) is 0 Å².